The van der Waals surface area contributed by atoms with Crippen molar-refractivity contribution >= 4 is 14.5 Å². The molecule has 1 rings (SSSR count). The zero-order chi connectivity index (χ0) is 9.68. The van der Waals surface area contributed by atoms with E-state index in [0.717, 1.165) is 0 Å². The molecule has 0 aromatic heterocycles. The van der Waals surface area contributed by atoms with Gasteiger partial charge in [-0.05, 0) is 29.3 Å². The van der Waals surface area contributed by atoms with Crippen molar-refractivity contribution < 1.29 is 0 Å². The van der Waals surface area contributed by atoms with Gasteiger partial charge in [0.15, 0.2) is 0 Å². The lowest BCUT2D eigenvalue weighted by Crippen LogP contribution is -1.98. The molecule has 0 aliphatic rings. The Bertz CT molecular complexity index is 242. The molecular formula is C12H19P. The molecule has 0 radical (unpaired) electrons. The third-order valence-corrected chi connectivity index (χ3v) is 2.49. The minimum Gasteiger partial charge on any atom is -0.106 e. The van der Waals surface area contributed by atoms with Gasteiger partial charge in [-0.1, -0.05) is 44.9 Å². The minimum absolute atomic E-state index is 1.21. The van der Waals surface area contributed by atoms with E-state index in [1.54, 1.807) is 0 Å². The highest BCUT2D eigenvalue weighted by Crippen LogP contribution is 2.09. The first-order valence-corrected chi connectivity index (χ1v) is 5.72. The number of benzene rings is 1. The summed E-state index contributed by atoms with van der Waals surface area (Å²) in [6, 6.07) is 6.89. The summed E-state index contributed by atoms with van der Waals surface area (Å²) in [5, 5.41) is 1.33. The van der Waals surface area contributed by atoms with Crippen LogP contribution in [-0.2, 0) is 12.8 Å². The summed E-state index contributed by atoms with van der Waals surface area (Å²) in [6.07, 6.45) is 4.89. The molecule has 1 unspecified atom stereocenters. The van der Waals surface area contributed by atoms with Crippen molar-refractivity contribution in [2.75, 3.05) is 0 Å². The Labute approximate surface area is 84.0 Å². The van der Waals surface area contributed by atoms with Crippen molar-refractivity contribution in [2.24, 2.45) is 0 Å². The van der Waals surface area contributed by atoms with E-state index < -0.39 is 0 Å². The highest BCUT2D eigenvalue weighted by atomic mass is 31.0. The molecule has 1 atom stereocenters. The van der Waals surface area contributed by atoms with Crippen molar-refractivity contribution in [3.05, 3.63) is 29.3 Å². The van der Waals surface area contributed by atoms with Gasteiger partial charge in [0.2, 0.25) is 0 Å². The SMILES string of the molecule is CCCc1cc(P)cc(CCC)c1. The summed E-state index contributed by atoms with van der Waals surface area (Å²) in [5.74, 6) is 0. The maximum atomic E-state index is 2.80. The summed E-state index contributed by atoms with van der Waals surface area (Å²) in [5.41, 5.74) is 2.97. The predicted molar refractivity (Wildman–Crippen MR) is 63.8 cm³/mol. The van der Waals surface area contributed by atoms with Crippen molar-refractivity contribution in [3.8, 4) is 0 Å². The fourth-order valence-corrected chi connectivity index (χ4v) is 2.09. The smallest absolute Gasteiger partial charge is 0.0281 e. The van der Waals surface area contributed by atoms with E-state index in [1.165, 1.54) is 42.1 Å². The molecule has 0 nitrogen and oxygen atoms in total. The third-order valence-electron chi connectivity index (χ3n) is 2.15. The molecule has 1 aromatic carbocycles. The van der Waals surface area contributed by atoms with Crippen LogP contribution in [0.5, 0.6) is 0 Å². The fraction of sp³-hybridized carbons (Fsp3) is 0.500. The van der Waals surface area contributed by atoms with E-state index in [4.69, 9.17) is 0 Å². The first kappa shape index (κ1) is 10.7. The van der Waals surface area contributed by atoms with Crippen molar-refractivity contribution in [2.45, 2.75) is 39.5 Å². The lowest BCUT2D eigenvalue weighted by molar-refractivity contribution is 0.897. The van der Waals surface area contributed by atoms with Crippen LogP contribution in [0.1, 0.15) is 37.8 Å². The molecule has 0 N–H and O–H groups in total. The molecule has 0 bridgehead atoms. The summed E-state index contributed by atoms with van der Waals surface area (Å²) in [7, 11) is 2.80. The van der Waals surface area contributed by atoms with Crippen LogP contribution in [0.3, 0.4) is 0 Å². The zero-order valence-corrected chi connectivity index (χ0v) is 9.79. The second-order valence-corrected chi connectivity index (χ2v) is 4.25. The Morgan fingerprint density at radius 3 is 1.77 bits per heavy atom. The predicted octanol–water partition coefficient (Wildman–Crippen LogP) is 3.09. The van der Waals surface area contributed by atoms with E-state index in [9.17, 15) is 0 Å². The van der Waals surface area contributed by atoms with Gasteiger partial charge in [0.1, 0.15) is 0 Å². The Hall–Kier alpha value is -0.350. The molecule has 0 saturated carbocycles. The molecular weight excluding hydrogens is 175 g/mol. The van der Waals surface area contributed by atoms with Gasteiger partial charge in [-0.3, -0.25) is 0 Å². The molecule has 0 aliphatic carbocycles. The van der Waals surface area contributed by atoms with Crippen LogP contribution < -0.4 is 5.30 Å². The lowest BCUT2D eigenvalue weighted by Gasteiger charge is -2.05. The van der Waals surface area contributed by atoms with E-state index in [1.807, 2.05) is 0 Å². The largest absolute Gasteiger partial charge is 0.106 e. The second kappa shape index (κ2) is 5.40. The van der Waals surface area contributed by atoms with Gasteiger partial charge >= 0.3 is 0 Å². The summed E-state index contributed by atoms with van der Waals surface area (Å²) < 4.78 is 0. The highest BCUT2D eigenvalue weighted by Gasteiger charge is 1.97. The maximum Gasteiger partial charge on any atom is -0.0281 e. The van der Waals surface area contributed by atoms with Crippen LogP contribution in [0.15, 0.2) is 18.2 Å². The average Bonchev–Trinajstić information content (AvgIpc) is 2.04. The van der Waals surface area contributed by atoms with Crippen LogP contribution in [0.25, 0.3) is 0 Å². The summed E-state index contributed by atoms with van der Waals surface area (Å²) in [4.78, 5) is 0. The normalized spacial score (nSPS) is 10.4. The molecule has 0 fully saturated rings. The molecule has 0 amide bonds. The molecule has 72 valence electrons. The van der Waals surface area contributed by atoms with Crippen LogP contribution in [-0.4, -0.2) is 0 Å². The molecule has 1 heteroatoms. The van der Waals surface area contributed by atoms with Gasteiger partial charge in [0.05, 0.1) is 0 Å². The van der Waals surface area contributed by atoms with Crippen LogP contribution >= 0.6 is 9.24 Å². The minimum atomic E-state index is 1.21. The van der Waals surface area contributed by atoms with Crippen LogP contribution in [0, 0.1) is 0 Å². The molecule has 1 aromatic rings. The van der Waals surface area contributed by atoms with E-state index in [-0.39, 0.29) is 0 Å². The molecule has 0 spiro atoms. The maximum absolute atomic E-state index is 2.80. The monoisotopic (exact) mass is 194 g/mol. The van der Waals surface area contributed by atoms with Gasteiger partial charge in [-0.15, -0.1) is 9.24 Å². The van der Waals surface area contributed by atoms with Crippen molar-refractivity contribution in [1.29, 1.82) is 0 Å². The fourth-order valence-electron chi connectivity index (χ4n) is 1.66. The number of aryl methyl sites for hydroxylation is 2. The van der Waals surface area contributed by atoms with Gasteiger partial charge in [0, 0.05) is 0 Å². The average molecular weight is 194 g/mol. The number of hydrogen-bond acceptors (Lipinski definition) is 0. The van der Waals surface area contributed by atoms with Crippen molar-refractivity contribution in [1.82, 2.24) is 0 Å². The second-order valence-electron chi connectivity index (χ2n) is 3.58. The molecule has 0 saturated heterocycles. The van der Waals surface area contributed by atoms with E-state index in [2.05, 4.69) is 41.3 Å². The summed E-state index contributed by atoms with van der Waals surface area (Å²) in [6.45, 7) is 4.46. The van der Waals surface area contributed by atoms with Gasteiger partial charge in [-0.2, -0.15) is 0 Å². The van der Waals surface area contributed by atoms with Crippen LogP contribution in [0.4, 0.5) is 0 Å². The van der Waals surface area contributed by atoms with Gasteiger partial charge in [-0.25, -0.2) is 0 Å². The Kier molecular flexibility index (Phi) is 4.45. The number of hydrogen-bond donors (Lipinski definition) is 0. The number of rotatable bonds is 4. The Morgan fingerprint density at radius 1 is 0.923 bits per heavy atom. The first-order valence-electron chi connectivity index (χ1n) is 5.14. The molecule has 0 heterocycles. The Morgan fingerprint density at radius 2 is 1.38 bits per heavy atom. The van der Waals surface area contributed by atoms with E-state index >= 15 is 0 Å². The zero-order valence-electron chi connectivity index (χ0n) is 8.64. The van der Waals surface area contributed by atoms with Gasteiger partial charge < -0.3 is 0 Å². The lowest BCUT2D eigenvalue weighted by atomic mass is 10.0. The Balaban J connectivity index is 2.83. The standard InChI is InChI=1S/C12H19P/c1-3-5-10-7-11(6-4-2)9-12(13)8-10/h7-9H,3-6,13H2,1-2H3. The van der Waals surface area contributed by atoms with Crippen LogP contribution in [0.2, 0.25) is 0 Å². The first-order chi connectivity index (χ1) is 6.26. The molecule has 0 aliphatic heterocycles. The topological polar surface area (TPSA) is 0 Å². The third kappa shape index (κ3) is 3.48. The quantitative estimate of drug-likeness (QED) is 0.646. The van der Waals surface area contributed by atoms with Gasteiger partial charge in [0.25, 0.3) is 0 Å². The highest BCUT2D eigenvalue weighted by molar-refractivity contribution is 7.27. The van der Waals surface area contributed by atoms with Crippen molar-refractivity contribution in [3.63, 3.8) is 0 Å². The summed E-state index contributed by atoms with van der Waals surface area (Å²) >= 11 is 0. The van der Waals surface area contributed by atoms with E-state index in [0.29, 0.717) is 0 Å². The molecule has 13 heavy (non-hydrogen) atoms.